The number of rotatable bonds is 5. The summed E-state index contributed by atoms with van der Waals surface area (Å²) in [5.74, 6) is 0.765. The minimum atomic E-state index is -0.0678. The van der Waals surface area contributed by atoms with Crippen LogP contribution in [0.4, 0.5) is 5.69 Å². The van der Waals surface area contributed by atoms with E-state index in [0.717, 1.165) is 36.4 Å². The Morgan fingerprint density at radius 3 is 2.45 bits per heavy atom. The number of hydrogen-bond acceptors (Lipinski definition) is 3. The summed E-state index contributed by atoms with van der Waals surface area (Å²) in [7, 11) is 0. The predicted molar refractivity (Wildman–Crippen MR) is 81.3 cm³/mol. The van der Waals surface area contributed by atoms with Crippen molar-refractivity contribution in [3.05, 3.63) is 29.8 Å². The molecule has 0 atom stereocenters. The van der Waals surface area contributed by atoms with Crippen LogP contribution in [0.1, 0.15) is 51.0 Å². The van der Waals surface area contributed by atoms with Gasteiger partial charge in [-0.05, 0) is 55.7 Å². The number of anilines is 1. The molecule has 0 aliphatic heterocycles. The molecule has 0 unspecified atom stereocenters. The molecule has 1 aromatic rings. The Kier molecular flexibility index (Phi) is 5.45. The standard InChI is InChI=1S/C17H25NO2/c1-2-13-5-10-16(11-6-13)20-17(19)12-7-14-3-8-15(18)9-4-14/h3-4,8-9,13,16H,2,5-7,10-12,18H2,1H3. The molecule has 0 aromatic heterocycles. The Morgan fingerprint density at radius 2 is 1.85 bits per heavy atom. The van der Waals surface area contributed by atoms with Gasteiger partial charge in [0.1, 0.15) is 6.10 Å². The third kappa shape index (κ3) is 4.55. The van der Waals surface area contributed by atoms with Gasteiger partial charge in [-0.25, -0.2) is 0 Å². The maximum absolute atomic E-state index is 11.9. The van der Waals surface area contributed by atoms with Crippen molar-refractivity contribution in [2.75, 3.05) is 5.73 Å². The van der Waals surface area contributed by atoms with Crippen LogP contribution in [0.5, 0.6) is 0 Å². The summed E-state index contributed by atoms with van der Waals surface area (Å²) in [5.41, 5.74) is 7.52. The van der Waals surface area contributed by atoms with E-state index in [-0.39, 0.29) is 12.1 Å². The van der Waals surface area contributed by atoms with E-state index in [9.17, 15) is 4.79 Å². The van der Waals surface area contributed by atoms with Crippen LogP contribution in [0.3, 0.4) is 0 Å². The van der Waals surface area contributed by atoms with Gasteiger partial charge in [0, 0.05) is 12.1 Å². The summed E-state index contributed by atoms with van der Waals surface area (Å²) >= 11 is 0. The second-order valence-corrected chi connectivity index (χ2v) is 5.78. The molecular formula is C17H25NO2. The number of carbonyl (C=O) groups excluding carboxylic acids is 1. The zero-order valence-electron chi connectivity index (χ0n) is 12.3. The van der Waals surface area contributed by atoms with E-state index in [4.69, 9.17) is 10.5 Å². The lowest BCUT2D eigenvalue weighted by atomic mass is 9.86. The Hall–Kier alpha value is -1.51. The minimum Gasteiger partial charge on any atom is -0.462 e. The van der Waals surface area contributed by atoms with E-state index < -0.39 is 0 Å². The molecule has 1 fully saturated rings. The number of nitrogen functional groups attached to an aromatic ring is 1. The highest BCUT2D eigenvalue weighted by Gasteiger charge is 2.22. The molecule has 0 amide bonds. The second-order valence-electron chi connectivity index (χ2n) is 5.78. The highest BCUT2D eigenvalue weighted by atomic mass is 16.5. The number of carbonyl (C=O) groups is 1. The molecule has 0 radical (unpaired) electrons. The fourth-order valence-electron chi connectivity index (χ4n) is 2.83. The number of aryl methyl sites for hydroxylation is 1. The van der Waals surface area contributed by atoms with Gasteiger partial charge in [0.2, 0.25) is 0 Å². The van der Waals surface area contributed by atoms with E-state index in [0.29, 0.717) is 6.42 Å². The number of esters is 1. The lowest BCUT2D eigenvalue weighted by Crippen LogP contribution is -2.24. The second kappa shape index (κ2) is 7.32. The van der Waals surface area contributed by atoms with Crippen LogP contribution in [0.25, 0.3) is 0 Å². The molecule has 2 rings (SSSR count). The van der Waals surface area contributed by atoms with E-state index in [1.165, 1.54) is 19.3 Å². The molecular weight excluding hydrogens is 250 g/mol. The van der Waals surface area contributed by atoms with E-state index >= 15 is 0 Å². The summed E-state index contributed by atoms with van der Waals surface area (Å²) in [5, 5.41) is 0. The number of nitrogens with two attached hydrogens (primary N) is 1. The van der Waals surface area contributed by atoms with Gasteiger partial charge in [-0.15, -0.1) is 0 Å². The predicted octanol–water partition coefficient (Wildman–Crippen LogP) is 3.71. The SMILES string of the molecule is CCC1CCC(OC(=O)CCc2ccc(N)cc2)CC1. The van der Waals surface area contributed by atoms with E-state index in [2.05, 4.69) is 6.92 Å². The molecule has 110 valence electrons. The third-order valence-electron chi connectivity index (χ3n) is 4.27. The molecule has 3 nitrogen and oxygen atoms in total. The number of hydrogen-bond donors (Lipinski definition) is 1. The monoisotopic (exact) mass is 275 g/mol. The topological polar surface area (TPSA) is 52.3 Å². The average Bonchev–Trinajstić information content (AvgIpc) is 2.47. The molecule has 1 aliphatic rings. The first-order valence-electron chi connectivity index (χ1n) is 7.71. The van der Waals surface area contributed by atoms with E-state index in [1.807, 2.05) is 24.3 Å². The van der Waals surface area contributed by atoms with Crippen LogP contribution in [-0.4, -0.2) is 12.1 Å². The van der Waals surface area contributed by atoms with Crippen molar-refractivity contribution in [1.82, 2.24) is 0 Å². The van der Waals surface area contributed by atoms with Crippen molar-refractivity contribution in [1.29, 1.82) is 0 Å². The molecule has 0 saturated heterocycles. The Balaban J connectivity index is 1.69. The van der Waals surface area contributed by atoms with Gasteiger partial charge in [-0.3, -0.25) is 4.79 Å². The van der Waals surface area contributed by atoms with Crippen LogP contribution in [0.15, 0.2) is 24.3 Å². The van der Waals surface area contributed by atoms with Gasteiger partial charge < -0.3 is 10.5 Å². The summed E-state index contributed by atoms with van der Waals surface area (Å²) in [4.78, 5) is 11.9. The number of benzene rings is 1. The first-order valence-corrected chi connectivity index (χ1v) is 7.71. The minimum absolute atomic E-state index is 0.0678. The molecule has 1 aliphatic carbocycles. The Morgan fingerprint density at radius 1 is 1.20 bits per heavy atom. The van der Waals surface area contributed by atoms with Crippen molar-refractivity contribution < 1.29 is 9.53 Å². The molecule has 3 heteroatoms. The summed E-state index contributed by atoms with van der Waals surface area (Å²) in [6.45, 7) is 2.24. The molecule has 0 spiro atoms. The average molecular weight is 275 g/mol. The molecule has 20 heavy (non-hydrogen) atoms. The highest BCUT2D eigenvalue weighted by molar-refractivity contribution is 5.70. The van der Waals surface area contributed by atoms with Crippen LogP contribution >= 0.6 is 0 Å². The zero-order chi connectivity index (χ0) is 14.4. The van der Waals surface area contributed by atoms with Gasteiger partial charge in [0.15, 0.2) is 0 Å². The Bertz CT molecular complexity index is 419. The van der Waals surface area contributed by atoms with Crippen LogP contribution in [-0.2, 0) is 16.0 Å². The van der Waals surface area contributed by atoms with Gasteiger partial charge in [-0.1, -0.05) is 25.5 Å². The fraction of sp³-hybridized carbons (Fsp3) is 0.588. The van der Waals surface area contributed by atoms with Crippen molar-refractivity contribution in [2.45, 2.75) is 58.0 Å². The molecule has 0 heterocycles. The van der Waals surface area contributed by atoms with Gasteiger partial charge >= 0.3 is 5.97 Å². The quantitative estimate of drug-likeness (QED) is 0.658. The van der Waals surface area contributed by atoms with Crippen molar-refractivity contribution >= 4 is 11.7 Å². The van der Waals surface area contributed by atoms with Crippen molar-refractivity contribution in [3.8, 4) is 0 Å². The number of ether oxygens (including phenoxy) is 1. The molecule has 1 saturated carbocycles. The van der Waals surface area contributed by atoms with Crippen LogP contribution < -0.4 is 5.73 Å². The smallest absolute Gasteiger partial charge is 0.306 e. The van der Waals surface area contributed by atoms with Crippen molar-refractivity contribution in [2.24, 2.45) is 5.92 Å². The first kappa shape index (κ1) is 14.9. The molecule has 0 bridgehead atoms. The highest BCUT2D eigenvalue weighted by Crippen LogP contribution is 2.28. The van der Waals surface area contributed by atoms with Gasteiger partial charge in [0.25, 0.3) is 0 Å². The van der Waals surface area contributed by atoms with Crippen LogP contribution in [0, 0.1) is 5.92 Å². The normalized spacial score (nSPS) is 22.4. The first-order chi connectivity index (χ1) is 9.67. The summed E-state index contributed by atoms with van der Waals surface area (Å²) in [6.07, 6.45) is 7.05. The lowest BCUT2D eigenvalue weighted by molar-refractivity contribution is -0.150. The Labute approximate surface area is 121 Å². The fourth-order valence-corrected chi connectivity index (χ4v) is 2.83. The third-order valence-corrected chi connectivity index (χ3v) is 4.27. The maximum Gasteiger partial charge on any atom is 0.306 e. The summed E-state index contributed by atoms with van der Waals surface area (Å²) < 4.78 is 5.57. The lowest BCUT2D eigenvalue weighted by Gasteiger charge is -2.27. The van der Waals surface area contributed by atoms with E-state index in [1.54, 1.807) is 0 Å². The maximum atomic E-state index is 11.9. The van der Waals surface area contributed by atoms with Crippen molar-refractivity contribution in [3.63, 3.8) is 0 Å². The zero-order valence-corrected chi connectivity index (χ0v) is 12.3. The molecule has 1 aromatic carbocycles. The molecule has 2 N–H and O–H groups in total. The van der Waals surface area contributed by atoms with Crippen LogP contribution in [0.2, 0.25) is 0 Å². The van der Waals surface area contributed by atoms with Gasteiger partial charge in [-0.2, -0.15) is 0 Å². The van der Waals surface area contributed by atoms with Gasteiger partial charge in [0.05, 0.1) is 0 Å². The largest absolute Gasteiger partial charge is 0.462 e. The summed E-state index contributed by atoms with van der Waals surface area (Å²) in [6, 6.07) is 7.67.